The van der Waals surface area contributed by atoms with Crippen molar-refractivity contribution in [2.75, 3.05) is 7.05 Å². The van der Waals surface area contributed by atoms with Gasteiger partial charge in [0.05, 0.1) is 11.7 Å². The van der Waals surface area contributed by atoms with Crippen LogP contribution >= 0.6 is 15.9 Å². The van der Waals surface area contributed by atoms with E-state index in [9.17, 15) is 0 Å². The van der Waals surface area contributed by atoms with E-state index >= 15 is 0 Å². The molecule has 4 nitrogen and oxygen atoms in total. The van der Waals surface area contributed by atoms with E-state index in [1.807, 2.05) is 24.8 Å². The van der Waals surface area contributed by atoms with Crippen LogP contribution in [0.15, 0.2) is 34.9 Å². The number of halogens is 1. The van der Waals surface area contributed by atoms with Gasteiger partial charge in [-0.2, -0.15) is 0 Å². The molecule has 102 valence electrons. The predicted molar refractivity (Wildman–Crippen MR) is 80.0 cm³/mol. The van der Waals surface area contributed by atoms with Crippen molar-refractivity contribution in [2.24, 2.45) is 7.05 Å². The van der Waals surface area contributed by atoms with E-state index in [-0.39, 0.29) is 11.5 Å². The largest absolute Gasteiger partial charge is 0.311 e. The normalized spacial score (nSPS) is 13.5. The highest BCUT2D eigenvalue weighted by molar-refractivity contribution is 9.10. The first-order valence-corrected chi connectivity index (χ1v) is 7.05. The summed E-state index contributed by atoms with van der Waals surface area (Å²) in [6, 6.07) is 10.6. The molecule has 5 heteroatoms. The first-order chi connectivity index (χ1) is 8.98. The average Bonchev–Trinajstić information content (AvgIpc) is 2.72. The molecule has 0 bridgehead atoms. The lowest BCUT2D eigenvalue weighted by Crippen LogP contribution is -2.37. The lowest BCUT2D eigenvalue weighted by molar-refractivity contribution is 0.350. The molecule has 1 unspecified atom stereocenters. The van der Waals surface area contributed by atoms with Crippen LogP contribution in [0.5, 0.6) is 0 Å². The Bertz CT molecular complexity index is 528. The molecule has 0 radical (unpaired) electrons. The molecule has 1 heterocycles. The van der Waals surface area contributed by atoms with Gasteiger partial charge >= 0.3 is 0 Å². The number of likely N-dealkylation sites (N-methyl/N-ethyl adjacent to an activating group) is 1. The Morgan fingerprint density at radius 2 is 1.89 bits per heavy atom. The predicted octanol–water partition coefficient (Wildman–Crippen LogP) is 2.82. The van der Waals surface area contributed by atoms with Crippen molar-refractivity contribution in [1.29, 1.82) is 0 Å². The Morgan fingerprint density at radius 3 is 2.37 bits per heavy atom. The van der Waals surface area contributed by atoms with Crippen LogP contribution < -0.4 is 5.32 Å². The van der Waals surface area contributed by atoms with Crippen LogP contribution in [-0.2, 0) is 12.5 Å². The second-order valence-electron chi connectivity index (χ2n) is 5.20. The fraction of sp³-hybridized carbons (Fsp3) is 0.429. The van der Waals surface area contributed by atoms with Crippen molar-refractivity contribution < 1.29 is 0 Å². The molecule has 1 N–H and O–H groups in total. The zero-order valence-corrected chi connectivity index (χ0v) is 13.3. The summed E-state index contributed by atoms with van der Waals surface area (Å²) in [5.41, 5.74) is 2.26. The number of nitrogens with zero attached hydrogens (tertiary/aromatic N) is 3. The Hall–Kier alpha value is -1.20. The third-order valence-electron chi connectivity index (χ3n) is 3.63. The van der Waals surface area contributed by atoms with E-state index in [1.165, 1.54) is 5.56 Å². The van der Waals surface area contributed by atoms with Crippen molar-refractivity contribution in [2.45, 2.75) is 25.3 Å². The molecule has 0 saturated carbocycles. The topological polar surface area (TPSA) is 42.7 Å². The maximum absolute atomic E-state index is 4.08. The second-order valence-corrected chi connectivity index (χ2v) is 5.95. The first kappa shape index (κ1) is 14.2. The van der Waals surface area contributed by atoms with Gasteiger partial charge in [-0.3, -0.25) is 0 Å². The van der Waals surface area contributed by atoms with Crippen molar-refractivity contribution in [3.63, 3.8) is 0 Å². The van der Waals surface area contributed by atoms with Crippen LogP contribution in [-0.4, -0.2) is 22.0 Å². The Labute approximate surface area is 122 Å². The van der Waals surface area contributed by atoms with Gasteiger partial charge in [-0.05, 0) is 28.5 Å². The van der Waals surface area contributed by atoms with Crippen molar-refractivity contribution in [3.05, 3.63) is 46.2 Å². The lowest BCUT2D eigenvalue weighted by atomic mass is 9.76. The molecule has 0 saturated heterocycles. The van der Waals surface area contributed by atoms with E-state index in [4.69, 9.17) is 0 Å². The summed E-state index contributed by atoms with van der Waals surface area (Å²) in [6.45, 7) is 4.45. The third kappa shape index (κ3) is 2.58. The van der Waals surface area contributed by atoms with Crippen molar-refractivity contribution in [3.8, 4) is 0 Å². The standard InChI is InChI=1S/C14H19BrN4/c1-14(2,10-8-6-5-7-9-10)12(16-3)11-13(15)17-18-19(11)4/h5-9,12,16H,1-4H3. The highest BCUT2D eigenvalue weighted by atomic mass is 79.9. The summed E-state index contributed by atoms with van der Waals surface area (Å²) in [5.74, 6) is 0. The molecule has 0 amide bonds. The minimum atomic E-state index is -0.0754. The molecule has 0 aliphatic carbocycles. The van der Waals surface area contributed by atoms with Crippen LogP contribution in [0.2, 0.25) is 0 Å². The van der Waals surface area contributed by atoms with E-state index in [0.29, 0.717) is 0 Å². The Balaban J connectivity index is 2.48. The summed E-state index contributed by atoms with van der Waals surface area (Å²) in [5, 5.41) is 11.5. The van der Waals surface area contributed by atoms with Gasteiger partial charge in [0.25, 0.3) is 0 Å². The molecule has 0 aliphatic rings. The van der Waals surface area contributed by atoms with Crippen LogP contribution in [0, 0.1) is 0 Å². The van der Waals surface area contributed by atoms with Crippen LogP contribution in [0.4, 0.5) is 0 Å². The second kappa shape index (κ2) is 5.43. The van der Waals surface area contributed by atoms with Crippen LogP contribution in [0.25, 0.3) is 0 Å². The number of hydrogen-bond donors (Lipinski definition) is 1. The zero-order valence-electron chi connectivity index (χ0n) is 11.7. The van der Waals surface area contributed by atoms with Crippen LogP contribution in [0.3, 0.4) is 0 Å². The van der Waals surface area contributed by atoms with Crippen molar-refractivity contribution in [1.82, 2.24) is 20.3 Å². The molecular formula is C14H19BrN4. The molecule has 1 aromatic carbocycles. The van der Waals surface area contributed by atoms with Gasteiger partial charge in [0, 0.05) is 12.5 Å². The SMILES string of the molecule is CNC(c1c(Br)nnn1C)C(C)(C)c1ccccc1. The van der Waals surface area contributed by atoms with Gasteiger partial charge in [-0.25, -0.2) is 4.68 Å². The van der Waals surface area contributed by atoms with E-state index < -0.39 is 0 Å². The maximum atomic E-state index is 4.08. The minimum absolute atomic E-state index is 0.0754. The highest BCUT2D eigenvalue weighted by Crippen LogP contribution is 2.38. The van der Waals surface area contributed by atoms with Gasteiger partial charge in [-0.1, -0.05) is 49.4 Å². The lowest BCUT2D eigenvalue weighted by Gasteiger charge is -2.34. The number of rotatable bonds is 4. The molecule has 2 rings (SSSR count). The third-order valence-corrected chi connectivity index (χ3v) is 4.19. The van der Waals surface area contributed by atoms with Gasteiger partial charge < -0.3 is 5.32 Å². The quantitative estimate of drug-likeness (QED) is 0.941. The molecule has 2 aromatic rings. The van der Waals surface area contributed by atoms with Gasteiger partial charge in [0.2, 0.25) is 0 Å². The summed E-state index contributed by atoms with van der Waals surface area (Å²) < 4.78 is 2.61. The number of aryl methyl sites for hydroxylation is 1. The Morgan fingerprint density at radius 1 is 1.26 bits per heavy atom. The van der Waals surface area contributed by atoms with Crippen molar-refractivity contribution >= 4 is 15.9 Å². The fourth-order valence-corrected chi connectivity index (χ4v) is 3.08. The zero-order chi connectivity index (χ0) is 14.0. The monoisotopic (exact) mass is 322 g/mol. The average molecular weight is 323 g/mol. The molecule has 1 atom stereocenters. The highest BCUT2D eigenvalue weighted by Gasteiger charge is 2.35. The number of nitrogens with one attached hydrogen (secondary N) is 1. The maximum Gasteiger partial charge on any atom is 0.153 e. The minimum Gasteiger partial charge on any atom is -0.311 e. The summed E-state index contributed by atoms with van der Waals surface area (Å²) in [7, 11) is 3.88. The summed E-state index contributed by atoms with van der Waals surface area (Å²) in [6.07, 6.45) is 0. The number of benzene rings is 1. The Kier molecular flexibility index (Phi) is 4.06. The van der Waals surface area contributed by atoms with Gasteiger partial charge in [0.15, 0.2) is 4.60 Å². The van der Waals surface area contributed by atoms with E-state index in [2.05, 4.69) is 69.7 Å². The van der Waals surface area contributed by atoms with E-state index in [0.717, 1.165) is 10.3 Å². The number of aromatic nitrogens is 3. The molecule has 0 aliphatic heterocycles. The molecule has 0 spiro atoms. The fourth-order valence-electron chi connectivity index (χ4n) is 2.52. The summed E-state index contributed by atoms with van der Waals surface area (Å²) in [4.78, 5) is 0. The van der Waals surface area contributed by atoms with Gasteiger partial charge in [-0.15, -0.1) is 5.10 Å². The summed E-state index contributed by atoms with van der Waals surface area (Å²) >= 11 is 3.49. The van der Waals surface area contributed by atoms with Crippen LogP contribution in [0.1, 0.15) is 31.1 Å². The smallest absolute Gasteiger partial charge is 0.153 e. The molecule has 0 fully saturated rings. The van der Waals surface area contributed by atoms with Gasteiger partial charge in [0.1, 0.15) is 0 Å². The molecule has 1 aromatic heterocycles. The molecule has 19 heavy (non-hydrogen) atoms. The number of hydrogen-bond acceptors (Lipinski definition) is 3. The molecular weight excluding hydrogens is 304 g/mol. The van der Waals surface area contributed by atoms with E-state index in [1.54, 1.807) is 0 Å². The first-order valence-electron chi connectivity index (χ1n) is 6.26.